The maximum absolute atomic E-state index is 11.3. The van der Waals surface area contributed by atoms with Crippen LogP contribution in [0.2, 0.25) is 0 Å². The zero-order chi connectivity index (χ0) is 13.7. The molecule has 2 aromatic rings. The molecule has 19 heavy (non-hydrogen) atoms. The van der Waals surface area contributed by atoms with Crippen molar-refractivity contribution in [2.24, 2.45) is 0 Å². The van der Waals surface area contributed by atoms with E-state index in [-0.39, 0.29) is 10.6 Å². The van der Waals surface area contributed by atoms with E-state index in [1.54, 1.807) is 0 Å². The van der Waals surface area contributed by atoms with Gasteiger partial charge in [-0.1, -0.05) is 0 Å². The predicted octanol–water partition coefficient (Wildman–Crippen LogP) is -0.431. The highest BCUT2D eigenvalue weighted by molar-refractivity contribution is 7.16. The van der Waals surface area contributed by atoms with Crippen LogP contribution in [0.3, 0.4) is 0 Å². The number of carboxylic acid groups (broad SMARTS) is 1. The third kappa shape index (κ3) is 1.89. The lowest BCUT2D eigenvalue weighted by Gasteiger charge is -2.16. The standard InChI is InChI=1S/C11H10N2O5S/c14-4-1-2-5-6(3-4)19-8(7(5)11(17)18)12-13-9(15)10(13)16/h4,12,14H,1-3H2,(H,17,18). The fourth-order valence-corrected chi connectivity index (χ4v) is 3.51. The van der Waals surface area contributed by atoms with Crippen molar-refractivity contribution in [1.29, 1.82) is 0 Å². The van der Waals surface area contributed by atoms with Crippen molar-refractivity contribution in [3.8, 4) is 0 Å². The van der Waals surface area contributed by atoms with Gasteiger partial charge < -0.3 is 10.2 Å². The van der Waals surface area contributed by atoms with E-state index in [0.717, 1.165) is 9.55 Å². The highest BCUT2D eigenvalue weighted by Gasteiger charge is 2.29. The average molecular weight is 282 g/mol. The summed E-state index contributed by atoms with van der Waals surface area (Å²) in [5, 5.41) is 19.1. The predicted molar refractivity (Wildman–Crippen MR) is 67.7 cm³/mol. The summed E-state index contributed by atoms with van der Waals surface area (Å²) in [6.45, 7) is 0. The van der Waals surface area contributed by atoms with Gasteiger partial charge in [0.2, 0.25) is 0 Å². The van der Waals surface area contributed by atoms with E-state index in [2.05, 4.69) is 5.43 Å². The van der Waals surface area contributed by atoms with Crippen molar-refractivity contribution in [2.45, 2.75) is 25.4 Å². The second-order valence-electron chi connectivity index (χ2n) is 4.47. The molecule has 0 aliphatic heterocycles. The van der Waals surface area contributed by atoms with E-state index >= 15 is 0 Å². The third-order valence-electron chi connectivity index (χ3n) is 3.21. The van der Waals surface area contributed by atoms with E-state index < -0.39 is 23.2 Å². The number of aliphatic hydroxyl groups excluding tert-OH is 1. The molecule has 1 aliphatic rings. The van der Waals surface area contributed by atoms with E-state index in [1.165, 1.54) is 11.3 Å². The van der Waals surface area contributed by atoms with E-state index in [1.807, 2.05) is 0 Å². The van der Waals surface area contributed by atoms with Crippen LogP contribution in [0.5, 0.6) is 0 Å². The summed E-state index contributed by atoms with van der Waals surface area (Å²) in [5.41, 5.74) is 1.96. The van der Waals surface area contributed by atoms with Gasteiger partial charge in [-0.2, -0.15) is 4.68 Å². The molecule has 0 bridgehead atoms. The number of carbonyl (C=O) groups is 1. The zero-order valence-corrected chi connectivity index (χ0v) is 10.5. The van der Waals surface area contributed by atoms with Gasteiger partial charge >= 0.3 is 17.1 Å². The minimum absolute atomic E-state index is 0.0967. The molecule has 0 aromatic carbocycles. The van der Waals surface area contributed by atoms with Crippen LogP contribution < -0.4 is 16.5 Å². The number of hydrogen-bond acceptors (Lipinski definition) is 6. The molecule has 0 radical (unpaired) electrons. The van der Waals surface area contributed by atoms with Gasteiger partial charge in [-0.05, 0) is 18.4 Å². The molecule has 3 N–H and O–H groups in total. The summed E-state index contributed by atoms with van der Waals surface area (Å²) in [4.78, 5) is 34.0. The molecule has 1 unspecified atom stereocenters. The first-order valence-corrected chi connectivity index (χ1v) is 6.51. The van der Waals surface area contributed by atoms with Crippen molar-refractivity contribution in [3.05, 3.63) is 36.7 Å². The molecule has 0 amide bonds. The van der Waals surface area contributed by atoms with Crippen molar-refractivity contribution >= 4 is 22.3 Å². The number of nitrogens with zero attached hydrogens (tertiary/aromatic N) is 1. The van der Waals surface area contributed by atoms with Crippen LogP contribution in [0.1, 0.15) is 27.2 Å². The SMILES string of the molecule is O=C(O)c1c(Nn2c(=O)c2=O)sc2c1CCC(O)C2. The van der Waals surface area contributed by atoms with Crippen LogP contribution in [0.25, 0.3) is 0 Å². The fourth-order valence-electron chi connectivity index (χ4n) is 2.21. The smallest absolute Gasteiger partial charge is 0.340 e. The second-order valence-corrected chi connectivity index (χ2v) is 5.57. The highest BCUT2D eigenvalue weighted by atomic mass is 32.1. The Labute approximate surface area is 110 Å². The van der Waals surface area contributed by atoms with E-state index in [0.29, 0.717) is 24.8 Å². The summed E-state index contributed by atoms with van der Waals surface area (Å²) in [6, 6.07) is 0. The number of aliphatic hydroxyl groups is 1. The van der Waals surface area contributed by atoms with Crippen LogP contribution in [-0.2, 0) is 12.8 Å². The Hall–Kier alpha value is -1.93. The Morgan fingerprint density at radius 3 is 2.63 bits per heavy atom. The number of fused-ring (bicyclic) bond motifs is 1. The molecule has 3 rings (SSSR count). The van der Waals surface area contributed by atoms with Gasteiger partial charge in [0, 0.05) is 11.3 Å². The average Bonchev–Trinajstić information content (AvgIpc) is 2.77. The van der Waals surface area contributed by atoms with Crippen LogP contribution in [0, 0.1) is 0 Å². The van der Waals surface area contributed by atoms with Gasteiger partial charge in [-0.3, -0.25) is 15.0 Å². The number of nitrogens with one attached hydrogen (secondary N) is 1. The number of rotatable bonds is 3. The molecule has 1 aliphatic carbocycles. The number of anilines is 1. The number of thiophene rings is 1. The zero-order valence-electron chi connectivity index (χ0n) is 9.67. The Kier molecular flexibility index (Phi) is 2.58. The molecule has 0 saturated heterocycles. The van der Waals surface area contributed by atoms with Gasteiger partial charge in [-0.25, -0.2) is 4.79 Å². The summed E-state index contributed by atoms with van der Waals surface area (Å²) < 4.78 is 0.778. The lowest BCUT2D eigenvalue weighted by molar-refractivity contribution is 0.0695. The lowest BCUT2D eigenvalue weighted by Crippen LogP contribution is -2.18. The minimum atomic E-state index is -1.10. The molecule has 2 heterocycles. The fraction of sp³-hybridized carbons (Fsp3) is 0.364. The lowest BCUT2D eigenvalue weighted by atomic mass is 9.93. The largest absolute Gasteiger partial charge is 0.478 e. The van der Waals surface area contributed by atoms with E-state index in [9.17, 15) is 24.6 Å². The Bertz CT molecular complexity index is 711. The molecule has 0 fully saturated rings. The maximum Gasteiger partial charge on any atom is 0.340 e. The van der Waals surface area contributed by atoms with Crippen molar-refractivity contribution in [1.82, 2.24) is 4.68 Å². The Morgan fingerprint density at radius 1 is 1.37 bits per heavy atom. The summed E-state index contributed by atoms with van der Waals surface area (Å²) in [6.07, 6.45) is 0.942. The quantitative estimate of drug-likeness (QED) is 0.659. The highest BCUT2D eigenvalue weighted by Crippen LogP contribution is 2.38. The summed E-state index contributed by atoms with van der Waals surface area (Å²) in [5.74, 6) is -1.10. The molecule has 7 nitrogen and oxygen atoms in total. The monoisotopic (exact) mass is 282 g/mol. The van der Waals surface area contributed by atoms with Gasteiger partial charge in [0.25, 0.3) is 0 Å². The number of aromatic carboxylic acids is 1. The number of aromatic nitrogens is 1. The van der Waals surface area contributed by atoms with Gasteiger partial charge in [0.1, 0.15) is 5.00 Å². The van der Waals surface area contributed by atoms with Crippen LogP contribution >= 0.6 is 11.3 Å². The van der Waals surface area contributed by atoms with Crippen LogP contribution in [0.4, 0.5) is 5.00 Å². The Balaban J connectivity index is 2.04. The molecule has 100 valence electrons. The minimum Gasteiger partial charge on any atom is -0.478 e. The normalized spacial score (nSPS) is 18.5. The van der Waals surface area contributed by atoms with Gasteiger partial charge in [0.15, 0.2) is 0 Å². The molecule has 0 saturated carbocycles. The van der Waals surface area contributed by atoms with Crippen LogP contribution in [0.15, 0.2) is 9.59 Å². The third-order valence-corrected chi connectivity index (χ3v) is 4.36. The number of hydrogen-bond donors (Lipinski definition) is 3. The van der Waals surface area contributed by atoms with Crippen molar-refractivity contribution < 1.29 is 15.0 Å². The molecule has 1 atom stereocenters. The molecular weight excluding hydrogens is 272 g/mol. The molecule has 8 heteroatoms. The molecular formula is C11H10N2O5S. The topological polar surface area (TPSA) is 109 Å². The number of carboxylic acids is 1. The van der Waals surface area contributed by atoms with Gasteiger partial charge in [0.05, 0.1) is 11.7 Å². The maximum atomic E-state index is 11.3. The molecule has 0 spiro atoms. The first-order valence-electron chi connectivity index (χ1n) is 5.70. The first-order chi connectivity index (χ1) is 8.99. The summed E-state index contributed by atoms with van der Waals surface area (Å²) >= 11 is 1.17. The first kappa shape index (κ1) is 12.1. The second kappa shape index (κ2) is 4.04. The van der Waals surface area contributed by atoms with Gasteiger partial charge in [-0.15, -0.1) is 11.3 Å². The summed E-state index contributed by atoms with van der Waals surface area (Å²) in [7, 11) is 0. The Morgan fingerprint density at radius 2 is 2.05 bits per heavy atom. The van der Waals surface area contributed by atoms with Crippen molar-refractivity contribution in [2.75, 3.05) is 5.43 Å². The van der Waals surface area contributed by atoms with E-state index in [4.69, 9.17) is 0 Å². The van der Waals surface area contributed by atoms with Crippen molar-refractivity contribution in [3.63, 3.8) is 0 Å². The molecule has 2 aromatic heterocycles. The van der Waals surface area contributed by atoms with Crippen LogP contribution in [-0.4, -0.2) is 27.0 Å².